The van der Waals surface area contributed by atoms with Gasteiger partial charge in [-0.2, -0.15) is 5.10 Å². The Morgan fingerprint density at radius 1 is 1.25 bits per heavy atom. The van der Waals surface area contributed by atoms with Crippen molar-refractivity contribution in [1.82, 2.24) is 19.9 Å². The molecule has 4 rings (SSSR count). The van der Waals surface area contributed by atoms with E-state index in [1.807, 2.05) is 23.7 Å². The summed E-state index contributed by atoms with van der Waals surface area (Å²) in [5.41, 5.74) is 1.00. The van der Waals surface area contributed by atoms with Crippen LogP contribution in [0.1, 0.15) is 36.7 Å². The number of amides is 2. The molecule has 2 aliphatic heterocycles. The summed E-state index contributed by atoms with van der Waals surface area (Å²) in [5, 5.41) is 8.43. The second-order valence-electron chi connectivity index (χ2n) is 7.92. The standard InChI is InChI=1S/C21H25N5O5S/c1-25-11-10-22-20(25)19(14-3-5-16(31-2)6-4-14)23-21(28)17-7-8-18(27)26(24-17)15-9-12-32(29,30)13-15/h3-6,10-11,15,19H,7-9,12-13H2,1-2H3,(H,23,28)/t15-,19-/m0/s1. The molecule has 0 saturated carbocycles. The first kappa shape index (κ1) is 22.0. The summed E-state index contributed by atoms with van der Waals surface area (Å²) >= 11 is 0. The molecule has 0 radical (unpaired) electrons. The van der Waals surface area contributed by atoms with Gasteiger partial charge < -0.3 is 14.6 Å². The zero-order valence-electron chi connectivity index (χ0n) is 17.9. The fourth-order valence-corrected chi connectivity index (χ4v) is 5.64. The first-order valence-corrected chi connectivity index (χ1v) is 12.1. The van der Waals surface area contributed by atoms with Gasteiger partial charge in [-0.25, -0.2) is 18.4 Å². The Morgan fingerprint density at radius 2 is 2.00 bits per heavy atom. The van der Waals surface area contributed by atoms with E-state index in [1.54, 1.807) is 31.6 Å². The number of hydrogen-bond donors (Lipinski definition) is 1. The topological polar surface area (TPSA) is 123 Å². The first-order valence-electron chi connectivity index (χ1n) is 10.3. The van der Waals surface area contributed by atoms with Crippen LogP contribution in [0.4, 0.5) is 0 Å². The number of carbonyl (C=O) groups excluding carboxylic acids is 2. The van der Waals surface area contributed by atoms with E-state index in [0.717, 1.165) is 5.56 Å². The molecule has 1 fully saturated rings. The van der Waals surface area contributed by atoms with E-state index in [-0.39, 0.29) is 36.0 Å². The van der Waals surface area contributed by atoms with Gasteiger partial charge in [0.1, 0.15) is 23.3 Å². The second kappa shape index (κ2) is 8.73. The fraction of sp³-hybridized carbons (Fsp3) is 0.429. The number of carbonyl (C=O) groups is 2. The Kier molecular flexibility index (Phi) is 6.00. The minimum Gasteiger partial charge on any atom is -0.497 e. The normalized spacial score (nSPS) is 21.2. The van der Waals surface area contributed by atoms with Crippen molar-refractivity contribution in [2.75, 3.05) is 18.6 Å². The maximum Gasteiger partial charge on any atom is 0.268 e. The van der Waals surface area contributed by atoms with Gasteiger partial charge in [0.2, 0.25) is 5.91 Å². The highest BCUT2D eigenvalue weighted by atomic mass is 32.2. The molecule has 170 valence electrons. The SMILES string of the molecule is COc1ccc([C@H](NC(=O)C2=NN([C@H]3CCS(=O)(=O)C3)C(=O)CC2)c2nccn2C)cc1. The Morgan fingerprint density at radius 3 is 2.59 bits per heavy atom. The van der Waals surface area contributed by atoms with Gasteiger partial charge in [-0.15, -0.1) is 0 Å². The van der Waals surface area contributed by atoms with Crippen molar-refractivity contribution in [2.45, 2.75) is 31.3 Å². The quantitative estimate of drug-likeness (QED) is 0.682. The molecule has 1 N–H and O–H groups in total. The van der Waals surface area contributed by atoms with Gasteiger partial charge in [0.25, 0.3) is 5.91 Å². The van der Waals surface area contributed by atoms with E-state index in [9.17, 15) is 18.0 Å². The van der Waals surface area contributed by atoms with Crippen molar-refractivity contribution < 1.29 is 22.7 Å². The van der Waals surface area contributed by atoms with Crippen LogP contribution in [-0.2, 0) is 26.5 Å². The summed E-state index contributed by atoms with van der Waals surface area (Å²) in [6, 6.07) is 6.23. The Balaban J connectivity index is 1.59. The maximum atomic E-state index is 13.1. The van der Waals surface area contributed by atoms with E-state index in [1.165, 1.54) is 5.01 Å². The van der Waals surface area contributed by atoms with Gasteiger partial charge in [0, 0.05) is 32.3 Å². The number of methoxy groups -OCH3 is 1. The van der Waals surface area contributed by atoms with Gasteiger partial charge in [-0.1, -0.05) is 12.1 Å². The smallest absolute Gasteiger partial charge is 0.268 e. The van der Waals surface area contributed by atoms with Crippen LogP contribution in [0.2, 0.25) is 0 Å². The van der Waals surface area contributed by atoms with Crippen molar-refractivity contribution in [3.8, 4) is 5.75 Å². The largest absolute Gasteiger partial charge is 0.497 e. The minimum absolute atomic E-state index is 0.0250. The Hall–Kier alpha value is -3.21. The molecule has 0 bridgehead atoms. The van der Waals surface area contributed by atoms with Gasteiger partial charge in [0.15, 0.2) is 9.84 Å². The molecule has 2 amide bonds. The van der Waals surface area contributed by atoms with E-state index >= 15 is 0 Å². The highest BCUT2D eigenvalue weighted by molar-refractivity contribution is 7.91. The van der Waals surface area contributed by atoms with E-state index < -0.39 is 27.8 Å². The Labute approximate surface area is 186 Å². The van der Waals surface area contributed by atoms with Crippen LogP contribution in [0.25, 0.3) is 0 Å². The van der Waals surface area contributed by atoms with Crippen LogP contribution in [-0.4, -0.2) is 65.2 Å². The molecule has 1 aromatic heterocycles. The third kappa shape index (κ3) is 4.52. The van der Waals surface area contributed by atoms with Crippen molar-refractivity contribution in [2.24, 2.45) is 12.1 Å². The lowest BCUT2D eigenvalue weighted by Gasteiger charge is -2.28. The average Bonchev–Trinajstić information content (AvgIpc) is 3.37. The predicted molar refractivity (Wildman–Crippen MR) is 117 cm³/mol. The lowest BCUT2D eigenvalue weighted by molar-refractivity contribution is -0.133. The van der Waals surface area contributed by atoms with Gasteiger partial charge in [-0.3, -0.25) is 9.59 Å². The third-order valence-corrected chi connectivity index (χ3v) is 7.47. The van der Waals surface area contributed by atoms with E-state index in [0.29, 0.717) is 18.0 Å². The highest BCUT2D eigenvalue weighted by Gasteiger charge is 2.37. The van der Waals surface area contributed by atoms with Crippen molar-refractivity contribution in [1.29, 1.82) is 0 Å². The molecule has 3 heterocycles. The summed E-state index contributed by atoms with van der Waals surface area (Å²) < 4.78 is 30.7. The molecule has 32 heavy (non-hydrogen) atoms. The monoisotopic (exact) mass is 459 g/mol. The third-order valence-electron chi connectivity index (χ3n) is 5.72. The lowest BCUT2D eigenvalue weighted by atomic mass is 10.0. The molecule has 2 aliphatic rings. The number of benzene rings is 1. The summed E-state index contributed by atoms with van der Waals surface area (Å²) in [6.07, 6.45) is 4.07. The van der Waals surface area contributed by atoms with Crippen LogP contribution in [0.15, 0.2) is 41.8 Å². The van der Waals surface area contributed by atoms with Crippen LogP contribution >= 0.6 is 0 Å². The number of ether oxygens (including phenoxy) is 1. The predicted octanol–water partition coefficient (Wildman–Crippen LogP) is 0.800. The van der Waals surface area contributed by atoms with E-state index in [2.05, 4.69) is 15.4 Å². The number of nitrogens with zero attached hydrogens (tertiary/aromatic N) is 4. The minimum atomic E-state index is -3.19. The molecule has 1 saturated heterocycles. The zero-order chi connectivity index (χ0) is 22.9. The average molecular weight is 460 g/mol. The number of aryl methyl sites for hydroxylation is 1. The maximum absolute atomic E-state index is 13.1. The van der Waals surface area contributed by atoms with Gasteiger partial charge in [-0.05, 0) is 24.1 Å². The molecule has 2 aromatic rings. The summed E-state index contributed by atoms with van der Waals surface area (Å²) in [6.45, 7) is 0. The second-order valence-corrected chi connectivity index (χ2v) is 10.1. The van der Waals surface area contributed by atoms with Gasteiger partial charge >= 0.3 is 0 Å². The number of sulfone groups is 1. The molecule has 10 nitrogen and oxygen atoms in total. The number of aromatic nitrogens is 2. The molecule has 0 unspecified atom stereocenters. The number of rotatable bonds is 6. The molecule has 11 heteroatoms. The zero-order valence-corrected chi connectivity index (χ0v) is 18.7. The highest BCUT2D eigenvalue weighted by Crippen LogP contribution is 2.25. The Bertz CT molecular complexity index is 1160. The molecular weight excluding hydrogens is 434 g/mol. The number of imidazole rings is 1. The molecule has 0 aliphatic carbocycles. The first-order chi connectivity index (χ1) is 15.3. The molecule has 1 aromatic carbocycles. The van der Waals surface area contributed by atoms with E-state index in [4.69, 9.17) is 4.74 Å². The summed E-state index contributed by atoms with van der Waals surface area (Å²) in [7, 11) is 0.231. The fourth-order valence-electron chi connectivity index (χ4n) is 3.95. The van der Waals surface area contributed by atoms with Crippen molar-refractivity contribution in [3.05, 3.63) is 48.0 Å². The molecule has 0 spiro atoms. The van der Waals surface area contributed by atoms with Crippen LogP contribution in [0, 0.1) is 0 Å². The summed E-state index contributed by atoms with van der Waals surface area (Å²) in [5.74, 6) is 0.535. The summed E-state index contributed by atoms with van der Waals surface area (Å²) in [4.78, 5) is 29.9. The van der Waals surface area contributed by atoms with Crippen LogP contribution in [0.5, 0.6) is 5.75 Å². The van der Waals surface area contributed by atoms with Crippen molar-refractivity contribution >= 4 is 27.4 Å². The van der Waals surface area contributed by atoms with Crippen LogP contribution in [0.3, 0.4) is 0 Å². The number of nitrogens with one attached hydrogen (secondary N) is 1. The molecular formula is C21H25N5O5S. The van der Waals surface area contributed by atoms with Crippen molar-refractivity contribution in [3.63, 3.8) is 0 Å². The van der Waals surface area contributed by atoms with Crippen LogP contribution < -0.4 is 10.1 Å². The molecule has 2 atom stereocenters. The number of hydrazone groups is 1. The number of hydrogen-bond acceptors (Lipinski definition) is 7. The lowest BCUT2D eigenvalue weighted by Crippen LogP contribution is -2.44. The van der Waals surface area contributed by atoms with Gasteiger partial charge in [0.05, 0.1) is 24.7 Å².